The second kappa shape index (κ2) is 6.13. The Morgan fingerprint density at radius 1 is 1.09 bits per heavy atom. The first kappa shape index (κ1) is 15.9. The van der Waals surface area contributed by atoms with E-state index in [1.807, 2.05) is 26.8 Å². The molecule has 1 heterocycles. The number of carbonyl (C=O) groups is 3. The van der Waals surface area contributed by atoms with E-state index < -0.39 is 17.8 Å². The van der Waals surface area contributed by atoms with E-state index >= 15 is 0 Å². The van der Waals surface area contributed by atoms with Crippen LogP contribution in [0.5, 0.6) is 0 Å². The summed E-state index contributed by atoms with van der Waals surface area (Å²) in [5.41, 5.74) is 5.77. The molecule has 0 bridgehead atoms. The highest BCUT2D eigenvalue weighted by atomic mass is 16.5. The number of esters is 1. The monoisotopic (exact) mass is 301 g/mol. The number of imide groups is 1. The molecule has 5 nitrogen and oxygen atoms in total. The molecule has 1 aromatic rings. The Balaban J connectivity index is 2.02. The van der Waals surface area contributed by atoms with E-state index in [-0.39, 0.29) is 18.6 Å². The highest BCUT2D eigenvalue weighted by molar-refractivity contribution is 6.17. The molecule has 0 fully saturated rings. The third-order valence-electron chi connectivity index (χ3n) is 4.15. The molecule has 0 aliphatic carbocycles. The van der Waals surface area contributed by atoms with E-state index in [1.165, 1.54) is 11.1 Å². The molecule has 1 aromatic carbocycles. The van der Waals surface area contributed by atoms with Crippen LogP contribution in [0.25, 0.3) is 0 Å². The largest absolute Gasteiger partial charge is 0.461 e. The van der Waals surface area contributed by atoms with E-state index in [4.69, 9.17) is 4.74 Å². The number of hydrogen-bond acceptors (Lipinski definition) is 4. The van der Waals surface area contributed by atoms with Crippen molar-refractivity contribution in [2.45, 2.75) is 40.7 Å². The molecule has 0 saturated heterocycles. The second-order valence-corrected chi connectivity index (χ2v) is 5.55. The number of aryl methyl sites for hydroxylation is 1. The number of amides is 2. The molecule has 0 aromatic heterocycles. The molecule has 0 spiro atoms. The molecule has 0 saturated carbocycles. The summed E-state index contributed by atoms with van der Waals surface area (Å²) in [5.74, 6) is -1.54. The van der Waals surface area contributed by atoms with Crippen LogP contribution >= 0.6 is 0 Å². The maximum Gasteiger partial charge on any atom is 0.310 e. The standard InChI is InChI=1S/C17H19NO4/c1-9-5-14(12(4)11(3)10(9)2)8-22-16(20)7-13-6-15(19)18-17(13)21/h5-6H,7-8H2,1-4H3,(H,18,19,21). The van der Waals surface area contributed by atoms with Gasteiger partial charge in [0.25, 0.3) is 11.8 Å². The van der Waals surface area contributed by atoms with Crippen LogP contribution in [0.1, 0.15) is 34.2 Å². The smallest absolute Gasteiger partial charge is 0.310 e. The van der Waals surface area contributed by atoms with Crippen molar-refractivity contribution in [3.8, 4) is 0 Å². The van der Waals surface area contributed by atoms with Crippen molar-refractivity contribution in [2.75, 3.05) is 0 Å². The predicted molar refractivity (Wildman–Crippen MR) is 81.0 cm³/mol. The van der Waals surface area contributed by atoms with Crippen molar-refractivity contribution < 1.29 is 19.1 Å². The van der Waals surface area contributed by atoms with Gasteiger partial charge in [-0.1, -0.05) is 6.07 Å². The minimum absolute atomic E-state index is 0.142. The van der Waals surface area contributed by atoms with Gasteiger partial charge in [0, 0.05) is 11.6 Å². The molecule has 2 amide bonds. The van der Waals surface area contributed by atoms with Crippen molar-refractivity contribution in [3.63, 3.8) is 0 Å². The summed E-state index contributed by atoms with van der Waals surface area (Å²) in [6, 6.07) is 2.01. The molecule has 0 radical (unpaired) electrons. The molecule has 22 heavy (non-hydrogen) atoms. The minimum atomic E-state index is -0.528. The van der Waals surface area contributed by atoms with Gasteiger partial charge in [-0.25, -0.2) is 0 Å². The highest BCUT2D eigenvalue weighted by Crippen LogP contribution is 2.22. The van der Waals surface area contributed by atoms with Crippen LogP contribution in [0.4, 0.5) is 0 Å². The average molecular weight is 301 g/mol. The predicted octanol–water partition coefficient (Wildman–Crippen LogP) is 1.94. The summed E-state index contributed by atoms with van der Waals surface area (Å²) < 4.78 is 5.23. The van der Waals surface area contributed by atoms with E-state index in [0.29, 0.717) is 0 Å². The van der Waals surface area contributed by atoms with Gasteiger partial charge in [0.05, 0.1) is 6.42 Å². The van der Waals surface area contributed by atoms with Gasteiger partial charge in [-0.05, 0) is 55.5 Å². The molecule has 1 aliphatic heterocycles. The van der Waals surface area contributed by atoms with Crippen LogP contribution in [0.15, 0.2) is 17.7 Å². The van der Waals surface area contributed by atoms with E-state index in [2.05, 4.69) is 12.2 Å². The lowest BCUT2D eigenvalue weighted by Crippen LogP contribution is -2.23. The van der Waals surface area contributed by atoms with Crippen molar-refractivity contribution in [2.24, 2.45) is 0 Å². The van der Waals surface area contributed by atoms with Gasteiger partial charge in [-0.2, -0.15) is 0 Å². The Morgan fingerprint density at radius 3 is 2.36 bits per heavy atom. The lowest BCUT2D eigenvalue weighted by atomic mass is 9.95. The quantitative estimate of drug-likeness (QED) is 0.681. The van der Waals surface area contributed by atoms with Crippen molar-refractivity contribution in [1.29, 1.82) is 0 Å². The van der Waals surface area contributed by atoms with Gasteiger partial charge in [0.1, 0.15) is 6.61 Å². The summed E-state index contributed by atoms with van der Waals surface area (Å²) in [5, 5.41) is 2.10. The average Bonchev–Trinajstić information content (AvgIpc) is 2.77. The Labute approximate surface area is 129 Å². The second-order valence-electron chi connectivity index (χ2n) is 5.55. The van der Waals surface area contributed by atoms with Gasteiger partial charge in [-0.15, -0.1) is 0 Å². The van der Waals surface area contributed by atoms with Gasteiger partial charge in [-0.3, -0.25) is 19.7 Å². The van der Waals surface area contributed by atoms with Gasteiger partial charge in [0.2, 0.25) is 0 Å². The topological polar surface area (TPSA) is 72.5 Å². The summed E-state index contributed by atoms with van der Waals surface area (Å²) in [4.78, 5) is 34.2. The molecular formula is C17H19NO4. The Bertz CT molecular complexity index is 701. The molecule has 1 N–H and O–H groups in total. The zero-order valence-electron chi connectivity index (χ0n) is 13.2. The number of nitrogens with one attached hydrogen (secondary N) is 1. The van der Waals surface area contributed by atoms with E-state index in [9.17, 15) is 14.4 Å². The summed E-state index contributed by atoms with van der Waals surface area (Å²) >= 11 is 0. The third-order valence-corrected chi connectivity index (χ3v) is 4.15. The van der Waals surface area contributed by atoms with Crippen LogP contribution < -0.4 is 5.32 Å². The number of carbonyl (C=O) groups excluding carboxylic acids is 3. The zero-order valence-corrected chi connectivity index (χ0v) is 13.2. The number of rotatable bonds is 4. The van der Waals surface area contributed by atoms with Gasteiger partial charge in [0.15, 0.2) is 0 Å². The lowest BCUT2D eigenvalue weighted by Gasteiger charge is -2.14. The molecule has 1 aliphatic rings. The molecular weight excluding hydrogens is 282 g/mol. The summed E-state index contributed by atoms with van der Waals surface area (Å²) in [6.45, 7) is 8.29. The fourth-order valence-corrected chi connectivity index (χ4v) is 2.39. The van der Waals surface area contributed by atoms with Crippen LogP contribution in [0.2, 0.25) is 0 Å². The summed E-state index contributed by atoms with van der Waals surface area (Å²) in [6.07, 6.45) is 0.940. The SMILES string of the molecule is Cc1cc(COC(=O)CC2=CC(=O)NC2=O)c(C)c(C)c1C. The first-order valence-electron chi connectivity index (χ1n) is 7.07. The van der Waals surface area contributed by atoms with Gasteiger partial charge >= 0.3 is 5.97 Å². The number of benzene rings is 1. The maximum atomic E-state index is 11.8. The lowest BCUT2D eigenvalue weighted by molar-refractivity contribution is -0.144. The van der Waals surface area contributed by atoms with Crippen LogP contribution in [-0.4, -0.2) is 17.8 Å². The van der Waals surface area contributed by atoms with Crippen LogP contribution in [-0.2, 0) is 25.7 Å². The third kappa shape index (κ3) is 3.24. The fraction of sp³-hybridized carbons (Fsp3) is 0.353. The first-order valence-corrected chi connectivity index (χ1v) is 7.07. The first-order chi connectivity index (χ1) is 10.3. The Hall–Kier alpha value is -2.43. The fourth-order valence-electron chi connectivity index (χ4n) is 2.39. The normalized spacial score (nSPS) is 13.9. The molecule has 0 unspecified atom stereocenters. The van der Waals surface area contributed by atoms with Crippen LogP contribution in [0, 0.1) is 27.7 Å². The highest BCUT2D eigenvalue weighted by Gasteiger charge is 2.23. The van der Waals surface area contributed by atoms with Crippen molar-refractivity contribution >= 4 is 17.8 Å². The van der Waals surface area contributed by atoms with E-state index in [0.717, 1.165) is 22.8 Å². The minimum Gasteiger partial charge on any atom is -0.461 e. The Kier molecular flexibility index (Phi) is 4.45. The van der Waals surface area contributed by atoms with E-state index in [1.54, 1.807) is 0 Å². The number of ether oxygens (including phenoxy) is 1. The summed E-state index contributed by atoms with van der Waals surface area (Å²) in [7, 11) is 0. The van der Waals surface area contributed by atoms with Crippen LogP contribution in [0.3, 0.4) is 0 Å². The van der Waals surface area contributed by atoms with Crippen molar-refractivity contribution in [1.82, 2.24) is 5.32 Å². The molecule has 0 atom stereocenters. The van der Waals surface area contributed by atoms with Crippen molar-refractivity contribution in [3.05, 3.63) is 45.5 Å². The molecule has 2 rings (SSSR count). The molecule has 5 heteroatoms. The zero-order chi connectivity index (χ0) is 16.4. The molecule has 116 valence electrons. The Morgan fingerprint density at radius 2 is 1.77 bits per heavy atom. The number of hydrogen-bond donors (Lipinski definition) is 1. The maximum absolute atomic E-state index is 11.8. The van der Waals surface area contributed by atoms with Gasteiger partial charge < -0.3 is 4.74 Å².